The fraction of sp³-hybridized carbons (Fsp3) is 0.391. The van der Waals surface area contributed by atoms with Gasteiger partial charge in [-0.05, 0) is 43.5 Å². The lowest BCUT2D eigenvalue weighted by Crippen LogP contribution is -2.73. The van der Waals surface area contributed by atoms with Gasteiger partial charge in [0.25, 0.3) is 5.91 Å². The Labute approximate surface area is 202 Å². The third kappa shape index (κ3) is 4.56. The number of pyridine rings is 1. The number of piperazine rings is 1. The summed E-state index contributed by atoms with van der Waals surface area (Å²) in [4.78, 5) is 45.1. The van der Waals surface area contributed by atoms with Gasteiger partial charge in [-0.2, -0.15) is 13.2 Å². The Bertz CT molecular complexity index is 1170. The molecule has 2 aliphatic rings. The van der Waals surface area contributed by atoms with Gasteiger partial charge in [-0.25, -0.2) is 9.37 Å². The number of anilines is 1. The second-order valence-corrected chi connectivity index (χ2v) is 8.85. The molecule has 0 bridgehead atoms. The maximum Gasteiger partial charge on any atom is 0.416 e. The van der Waals surface area contributed by atoms with Gasteiger partial charge in [-0.1, -0.05) is 23.7 Å². The Morgan fingerprint density at radius 2 is 1.89 bits per heavy atom. The van der Waals surface area contributed by atoms with E-state index in [1.54, 1.807) is 6.92 Å². The number of ether oxygens (including phenoxy) is 1. The highest BCUT2D eigenvalue weighted by Gasteiger charge is 2.62. The van der Waals surface area contributed by atoms with Crippen molar-refractivity contribution in [2.24, 2.45) is 5.92 Å². The van der Waals surface area contributed by atoms with Crippen LogP contribution < -0.4 is 4.90 Å². The van der Waals surface area contributed by atoms with E-state index in [0.29, 0.717) is 5.56 Å². The van der Waals surface area contributed by atoms with E-state index < -0.39 is 53.3 Å². The maximum atomic E-state index is 14.6. The van der Waals surface area contributed by atoms with E-state index >= 15 is 0 Å². The van der Waals surface area contributed by atoms with Crippen molar-refractivity contribution in [2.75, 3.05) is 18.1 Å². The number of esters is 1. The van der Waals surface area contributed by atoms with Crippen LogP contribution in [0.1, 0.15) is 30.9 Å². The van der Waals surface area contributed by atoms with Gasteiger partial charge in [0, 0.05) is 12.7 Å². The molecule has 0 N–H and O–H groups in total. The molecule has 186 valence electrons. The van der Waals surface area contributed by atoms with E-state index in [9.17, 15) is 31.9 Å². The van der Waals surface area contributed by atoms with Gasteiger partial charge in [-0.3, -0.25) is 19.3 Å². The van der Waals surface area contributed by atoms with Gasteiger partial charge < -0.3 is 9.64 Å². The molecule has 0 radical (unpaired) electrons. The molecule has 35 heavy (non-hydrogen) atoms. The van der Waals surface area contributed by atoms with Crippen molar-refractivity contribution in [3.63, 3.8) is 0 Å². The lowest BCUT2D eigenvalue weighted by Gasteiger charge is -2.56. The topological polar surface area (TPSA) is 79.8 Å². The fourth-order valence-corrected chi connectivity index (χ4v) is 4.62. The van der Waals surface area contributed by atoms with Gasteiger partial charge in [0.2, 0.25) is 5.91 Å². The van der Waals surface area contributed by atoms with E-state index in [0.717, 1.165) is 29.3 Å². The smallest absolute Gasteiger partial charge is 0.416 e. The average molecular weight is 514 g/mol. The molecule has 7 nitrogen and oxygen atoms in total. The first kappa shape index (κ1) is 24.9. The number of benzene rings is 1. The van der Waals surface area contributed by atoms with Crippen molar-refractivity contribution in [3.8, 4) is 0 Å². The molecule has 1 aromatic carbocycles. The van der Waals surface area contributed by atoms with Crippen molar-refractivity contribution < 1.29 is 36.7 Å². The van der Waals surface area contributed by atoms with Crippen LogP contribution in [0, 0.1) is 11.7 Å². The van der Waals surface area contributed by atoms with E-state index in [4.69, 9.17) is 16.3 Å². The minimum atomic E-state index is -4.52. The Morgan fingerprint density at radius 1 is 1.23 bits per heavy atom. The molecule has 0 unspecified atom stereocenters. The summed E-state index contributed by atoms with van der Waals surface area (Å²) < 4.78 is 58.3. The average Bonchev–Trinajstić information content (AvgIpc) is 2.75. The molecule has 12 heteroatoms. The predicted octanol–water partition coefficient (Wildman–Crippen LogP) is 3.98. The second kappa shape index (κ2) is 9.10. The van der Waals surface area contributed by atoms with Crippen LogP contribution in [0.25, 0.3) is 0 Å². The quantitative estimate of drug-likeness (QED) is 0.446. The van der Waals surface area contributed by atoms with Crippen molar-refractivity contribution in [3.05, 3.63) is 58.5 Å². The number of aromatic nitrogens is 1. The van der Waals surface area contributed by atoms with E-state index in [1.807, 2.05) is 0 Å². The molecule has 2 heterocycles. The lowest BCUT2D eigenvalue weighted by atomic mass is 9.65. The van der Waals surface area contributed by atoms with Crippen LogP contribution in [0.3, 0.4) is 0 Å². The number of hydrogen-bond donors (Lipinski definition) is 0. The molecule has 0 atom stereocenters. The number of nitrogens with zero attached hydrogens (tertiary/aromatic N) is 3. The number of amides is 2. The monoisotopic (exact) mass is 513 g/mol. The summed E-state index contributed by atoms with van der Waals surface area (Å²) >= 11 is 5.75. The summed E-state index contributed by atoms with van der Waals surface area (Å²) in [5.74, 6) is -3.67. The Balaban J connectivity index is 1.66. The molecule has 4 rings (SSSR count). The number of alkyl halides is 3. The number of carbonyl (C=O) groups is 3. The van der Waals surface area contributed by atoms with Crippen LogP contribution in [0.15, 0.2) is 36.5 Å². The number of hydrogen-bond acceptors (Lipinski definition) is 5. The number of halogens is 5. The van der Waals surface area contributed by atoms with Crippen molar-refractivity contribution in [1.29, 1.82) is 0 Å². The zero-order chi connectivity index (χ0) is 25.5. The highest BCUT2D eigenvalue weighted by Crippen LogP contribution is 2.48. The van der Waals surface area contributed by atoms with Crippen LogP contribution in [-0.4, -0.2) is 46.4 Å². The highest BCUT2D eigenvalue weighted by molar-refractivity contribution is 6.30. The fourth-order valence-electron chi connectivity index (χ4n) is 4.47. The largest absolute Gasteiger partial charge is 0.466 e. The van der Waals surface area contributed by atoms with Crippen LogP contribution in [0.4, 0.5) is 23.4 Å². The van der Waals surface area contributed by atoms with Crippen LogP contribution in [-0.2, 0) is 31.8 Å². The second-order valence-electron chi connectivity index (χ2n) is 8.41. The molecule has 2 fully saturated rings. The maximum absolute atomic E-state index is 14.6. The van der Waals surface area contributed by atoms with Crippen LogP contribution >= 0.6 is 11.6 Å². The molecule has 2 amide bonds. The predicted molar refractivity (Wildman–Crippen MR) is 116 cm³/mol. The molecule has 1 aliphatic heterocycles. The minimum absolute atomic E-state index is 0.00620. The Kier molecular flexibility index (Phi) is 6.48. The summed E-state index contributed by atoms with van der Waals surface area (Å²) in [5, 5.41) is 0.00620. The van der Waals surface area contributed by atoms with E-state index in [2.05, 4.69) is 4.98 Å². The molecule has 2 aromatic rings. The Morgan fingerprint density at radius 3 is 2.46 bits per heavy atom. The zero-order valence-corrected chi connectivity index (χ0v) is 19.2. The van der Waals surface area contributed by atoms with Crippen LogP contribution in [0.5, 0.6) is 0 Å². The van der Waals surface area contributed by atoms with Crippen molar-refractivity contribution in [2.45, 2.75) is 38.0 Å². The standard InChI is InChI=1S/C23H20ClF4N3O4/c1-2-35-20(33)14-8-22(9-14)21(34)30(19-17(25)7-16(24)10-29-19)12-18(32)31(22)11-13-3-5-15(6-4-13)23(26,27)28/h3-7,10,14H,2,8-9,11-12H2,1H3. The zero-order valence-electron chi connectivity index (χ0n) is 18.4. The van der Waals surface area contributed by atoms with Gasteiger partial charge in [-0.15, -0.1) is 0 Å². The summed E-state index contributed by atoms with van der Waals surface area (Å²) in [6.07, 6.45) is -3.51. The number of rotatable bonds is 5. The first-order chi connectivity index (χ1) is 16.5. The lowest BCUT2D eigenvalue weighted by molar-refractivity contribution is -0.172. The summed E-state index contributed by atoms with van der Waals surface area (Å²) in [6, 6.07) is 5.19. The van der Waals surface area contributed by atoms with E-state index in [-0.39, 0.29) is 36.8 Å². The summed E-state index contributed by atoms with van der Waals surface area (Å²) in [7, 11) is 0. The molecule has 1 aromatic heterocycles. The summed E-state index contributed by atoms with van der Waals surface area (Å²) in [5.41, 5.74) is -1.98. The molecule has 1 spiro atoms. The van der Waals surface area contributed by atoms with Gasteiger partial charge in [0.05, 0.1) is 23.1 Å². The first-order valence-corrected chi connectivity index (χ1v) is 11.1. The Hall–Kier alpha value is -3.21. The number of carbonyl (C=O) groups excluding carboxylic acids is 3. The van der Waals surface area contributed by atoms with Crippen molar-refractivity contribution in [1.82, 2.24) is 9.88 Å². The van der Waals surface area contributed by atoms with Gasteiger partial charge in [0.15, 0.2) is 11.6 Å². The first-order valence-electron chi connectivity index (χ1n) is 10.7. The molecule has 1 saturated heterocycles. The molecular formula is C23H20ClF4N3O4. The van der Waals surface area contributed by atoms with Crippen molar-refractivity contribution >= 4 is 35.2 Å². The van der Waals surface area contributed by atoms with Crippen LogP contribution in [0.2, 0.25) is 5.02 Å². The highest BCUT2D eigenvalue weighted by atomic mass is 35.5. The third-order valence-electron chi connectivity index (χ3n) is 6.21. The molecular weight excluding hydrogens is 494 g/mol. The van der Waals surface area contributed by atoms with E-state index in [1.165, 1.54) is 17.0 Å². The SMILES string of the molecule is CCOC(=O)C1CC2(C1)C(=O)N(c1ncc(Cl)cc1F)CC(=O)N2Cc1ccc(C(F)(F)F)cc1. The molecule has 1 aliphatic carbocycles. The van der Waals surface area contributed by atoms with Gasteiger partial charge in [0.1, 0.15) is 12.1 Å². The normalized spacial score (nSPS) is 22.4. The minimum Gasteiger partial charge on any atom is -0.466 e. The molecule has 1 saturated carbocycles. The summed E-state index contributed by atoms with van der Waals surface area (Å²) in [6.45, 7) is 1.07. The van der Waals surface area contributed by atoms with Gasteiger partial charge >= 0.3 is 12.1 Å². The third-order valence-corrected chi connectivity index (χ3v) is 6.42.